The molecular formula is C19H23N5O. The minimum atomic E-state index is 0.600. The normalized spacial score (nSPS) is 18.5. The van der Waals surface area contributed by atoms with E-state index in [-0.39, 0.29) is 0 Å². The number of hydrogen-bond acceptors (Lipinski definition) is 5. The molecule has 6 heteroatoms. The van der Waals surface area contributed by atoms with Crippen LogP contribution < -0.4 is 0 Å². The van der Waals surface area contributed by atoms with Crippen LogP contribution in [0, 0.1) is 0 Å². The highest BCUT2D eigenvalue weighted by Gasteiger charge is 2.22. The van der Waals surface area contributed by atoms with Gasteiger partial charge in [-0.15, -0.1) is 0 Å². The van der Waals surface area contributed by atoms with Crippen molar-refractivity contribution >= 4 is 0 Å². The number of aromatic nitrogens is 4. The van der Waals surface area contributed by atoms with Crippen LogP contribution >= 0.6 is 0 Å². The Morgan fingerprint density at radius 3 is 2.84 bits per heavy atom. The SMILES string of the molecule is c1coc(-c2ncc(CN3CCCC[C@H]3CCn3cccn3)cn2)c1. The summed E-state index contributed by atoms with van der Waals surface area (Å²) < 4.78 is 7.37. The maximum absolute atomic E-state index is 5.35. The average Bonchev–Trinajstić information content (AvgIpc) is 3.36. The van der Waals surface area contributed by atoms with E-state index in [0.717, 1.165) is 31.6 Å². The summed E-state index contributed by atoms with van der Waals surface area (Å²) in [6.07, 6.45) is 14.3. The lowest BCUT2D eigenvalue weighted by atomic mass is 9.99. The Balaban J connectivity index is 1.39. The van der Waals surface area contributed by atoms with Crippen molar-refractivity contribution in [2.24, 2.45) is 0 Å². The summed E-state index contributed by atoms with van der Waals surface area (Å²) in [6.45, 7) is 3.02. The Morgan fingerprint density at radius 2 is 2.08 bits per heavy atom. The van der Waals surface area contributed by atoms with Gasteiger partial charge in [0.05, 0.1) is 6.26 Å². The number of aryl methyl sites for hydroxylation is 1. The first-order chi connectivity index (χ1) is 12.4. The second-order valence-corrected chi connectivity index (χ2v) is 6.57. The highest BCUT2D eigenvalue weighted by molar-refractivity contribution is 5.45. The summed E-state index contributed by atoms with van der Waals surface area (Å²) >= 11 is 0. The summed E-state index contributed by atoms with van der Waals surface area (Å²) in [5.74, 6) is 1.35. The van der Waals surface area contributed by atoms with Gasteiger partial charge in [-0.2, -0.15) is 5.10 Å². The van der Waals surface area contributed by atoms with Gasteiger partial charge in [-0.05, 0) is 44.0 Å². The molecule has 0 amide bonds. The molecule has 3 aromatic heterocycles. The molecule has 1 saturated heterocycles. The molecule has 4 rings (SSSR count). The van der Waals surface area contributed by atoms with Crippen LogP contribution in [0.3, 0.4) is 0 Å². The standard InChI is InChI=1S/C19H23N5O/c1-2-9-23(17(5-1)7-11-24-10-4-8-22-24)15-16-13-20-19(21-14-16)18-6-3-12-25-18/h3-4,6,8,10,12-14,17H,1-2,5,7,9,11,15H2/t17-/m0/s1. The van der Waals surface area contributed by atoms with Crippen molar-refractivity contribution < 1.29 is 4.42 Å². The minimum absolute atomic E-state index is 0.600. The van der Waals surface area contributed by atoms with Crippen LogP contribution in [0.5, 0.6) is 0 Å². The molecule has 6 nitrogen and oxygen atoms in total. The van der Waals surface area contributed by atoms with Gasteiger partial charge in [-0.25, -0.2) is 9.97 Å². The van der Waals surface area contributed by atoms with E-state index in [1.54, 1.807) is 6.26 Å². The lowest BCUT2D eigenvalue weighted by molar-refractivity contribution is 0.127. The summed E-state index contributed by atoms with van der Waals surface area (Å²) in [5, 5.41) is 4.31. The van der Waals surface area contributed by atoms with Crippen LogP contribution in [0.15, 0.2) is 53.7 Å². The van der Waals surface area contributed by atoms with Crippen LogP contribution in [0.4, 0.5) is 0 Å². The molecule has 25 heavy (non-hydrogen) atoms. The predicted octanol–water partition coefficient (Wildman–Crippen LogP) is 3.38. The number of rotatable bonds is 6. The molecule has 0 unspecified atom stereocenters. The first-order valence-electron chi connectivity index (χ1n) is 8.95. The van der Waals surface area contributed by atoms with Gasteiger partial charge < -0.3 is 4.42 Å². The highest BCUT2D eigenvalue weighted by atomic mass is 16.3. The van der Waals surface area contributed by atoms with Crippen LogP contribution in [0.1, 0.15) is 31.2 Å². The first-order valence-corrected chi connectivity index (χ1v) is 8.95. The number of piperidine rings is 1. The van der Waals surface area contributed by atoms with E-state index in [1.807, 2.05) is 47.7 Å². The Hall–Kier alpha value is -2.47. The van der Waals surface area contributed by atoms with Gasteiger partial charge in [0.25, 0.3) is 0 Å². The van der Waals surface area contributed by atoms with Gasteiger partial charge in [0.1, 0.15) is 0 Å². The summed E-state index contributed by atoms with van der Waals surface area (Å²) in [4.78, 5) is 11.5. The van der Waals surface area contributed by atoms with Gasteiger partial charge in [0.2, 0.25) is 0 Å². The Labute approximate surface area is 147 Å². The Bertz CT molecular complexity index is 752. The molecule has 0 aliphatic carbocycles. The minimum Gasteiger partial charge on any atom is -0.461 e. The molecule has 4 heterocycles. The van der Waals surface area contributed by atoms with E-state index in [4.69, 9.17) is 4.42 Å². The van der Waals surface area contributed by atoms with Gasteiger partial charge in [0.15, 0.2) is 11.6 Å². The lowest BCUT2D eigenvalue weighted by Crippen LogP contribution is -2.39. The van der Waals surface area contributed by atoms with Crippen molar-refractivity contribution in [2.45, 2.75) is 44.8 Å². The first kappa shape index (κ1) is 16.0. The van der Waals surface area contributed by atoms with Crippen LogP contribution in [-0.2, 0) is 13.1 Å². The van der Waals surface area contributed by atoms with E-state index in [1.165, 1.54) is 19.3 Å². The fourth-order valence-corrected chi connectivity index (χ4v) is 3.51. The zero-order valence-electron chi connectivity index (χ0n) is 14.3. The van der Waals surface area contributed by atoms with Crippen LogP contribution in [0.2, 0.25) is 0 Å². The smallest absolute Gasteiger partial charge is 0.195 e. The number of likely N-dealkylation sites (tertiary alicyclic amines) is 1. The third-order valence-electron chi connectivity index (χ3n) is 4.83. The molecule has 0 aromatic carbocycles. The van der Waals surface area contributed by atoms with Gasteiger partial charge in [-0.3, -0.25) is 9.58 Å². The molecule has 1 atom stereocenters. The zero-order chi connectivity index (χ0) is 16.9. The van der Waals surface area contributed by atoms with Crippen molar-refractivity contribution in [2.75, 3.05) is 6.54 Å². The molecule has 0 N–H and O–H groups in total. The maximum atomic E-state index is 5.35. The van der Waals surface area contributed by atoms with E-state index in [0.29, 0.717) is 17.6 Å². The lowest BCUT2D eigenvalue weighted by Gasteiger charge is -2.35. The zero-order valence-corrected chi connectivity index (χ0v) is 14.3. The highest BCUT2D eigenvalue weighted by Crippen LogP contribution is 2.22. The van der Waals surface area contributed by atoms with E-state index >= 15 is 0 Å². The third-order valence-corrected chi connectivity index (χ3v) is 4.83. The van der Waals surface area contributed by atoms with E-state index in [2.05, 4.69) is 20.0 Å². The van der Waals surface area contributed by atoms with Crippen molar-refractivity contribution in [3.05, 3.63) is 54.8 Å². The fourth-order valence-electron chi connectivity index (χ4n) is 3.51. The van der Waals surface area contributed by atoms with Crippen molar-refractivity contribution in [1.82, 2.24) is 24.6 Å². The molecule has 1 aliphatic heterocycles. The van der Waals surface area contributed by atoms with Gasteiger partial charge in [0, 0.05) is 49.5 Å². The monoisotopic (exact) mass is 337 g/mol. The summed E-state index contributed by atoms with van der Waals surface area (Å²) in [5.41, 5.74) is 1.15. The number of furan rings is 1. The summed E-state index contributed by atoms with van der Waals surface area (Å²) in [6, 6.07) is 6.31. The number of nitrogens with zero attached hydrogens (tertiary/aromatic N) is 5. The molecule has 0 bridgehead atoms. The average molecular weight is 337 g/mol. The molecular weight excluding hydrogens is 314 g/mol. The van der Waals surface area contributed by atoms with Gasteiger partial charge >= 0.3 is 0 Å². The van der Waals surface area contributed by atoms with Crippen LogP contribution in [-0.4, -0.2) is 37.2 Å². The molecule has 1 fully saturated rings. The summed E-state index contributed by atoms with van der Waals surface area (Å²) in [7, 11) is 0. The van der Waals surface area contributed by atoms with E-state index in [9.17, 15) is 0 Å². The van der Waals surface area contributed by atoms with Crippen LogP contribution in [0.25, 0.3) is 11.6 Å². The number of hydrogen-bond donors (Lipinski definition) is 0. The predicted molar refractivity (Wildman–Crippen MR) is 94.6 cm³/mol. The molecule has 3 aromatic rings. The topological polar surface area (TPSA) is 60.0 Å². The van der Waals surface area contributed by atoms with Crippen molar-refractivity contribution in [1.29, 1.82) is 0 Å². The Morgan fingerprint density at radius 1 is 1.16 bits per heavy atom. The second-order valence-electron chi connectivity index (χ2n) is 6.57. The molecule has 1 aliphatic rings. The Kier molecular flexibility index (Phi) is 4.88. The molecule has 130 valence electrons. The quantitative estimate of drug-likeness (QED) is 0.690. The molecule has 0 radical (unpaired) electrons. The maximum Gasteiger partial charge on any atom is 0.195 e. The molecule has 0 saturated carbocycles. The van der Waals surface area contributed by atoms with Gasteiger partial charge in [-0.1, -0.05) is 6.42 Å². The van der Waals surface area contributed by atoms with Crippen molar-refractivity contribution in [3.8, 4) is 11.6 Å². The fraction of sp³-hybridized carbons (Fsp3) is 0.421. The van der Waals surface area contributed by atoms with Crippen molar-refractivity contribution in [3.63, 3.8) is 0 Å². The largest absolute Gasteiger partial charge is 0.461 e. The molecule has 0 spiro atoms. The third kappa shape index (κ3) is 3.96. The van der Waals surface area contributed by atoms with E-state index < -0.39 is 0 Å². The second kappa shape index (κ2) is 7.61.